The Morgan fingerprint density at radius 1 is 1.38 bits per heavy atom. The van der Waals surface area contributed by atoms with Crippen molar-refractivity contribution in [1.29, 1.82) is 0 Å². The van der Waals surface area contributed by atoms with Gasteiger partial charge in [0.05, 0.1) is 23.4 Å². The maximum Gasteiger partial charge on any atom is 0.130 e. The standard InChI is InChI=1S/C15H25N5S/c1-6-12(16)7-13-10(2)18-20(5)15(13)19(4)8-14-11(3)17-9-21-14/h9,12H,6-8,16H2,1-5H3. The topological polar surface area (TPSA) is 60.0 Å². The molecule has 1 unspecified atom stereocenters. The van der Waals surface area contributed by atoms with Gasteiger partial charge in [0.15, 0.2) is 0 Å². The molecule has 0 radical (unpaired) electrons. The summed E-state index contributed by atoms with van der Waals surface area (Å²) in [6.07, 6.45) is 1.85. The van der Waals surface area contributed by atoms with Crippen LogP contribution >= 0.6 is 11.3 Å². The van der Waals surface area contributed by atoms with Crippen molar-refractivity contribution in [1.82, 2.24) is 14.8 Å². The highest BCUT2D eigenvalue weighted by Gasteiger charge is 2.19. The number of thiazole rings is 1. The lowest BCUT2D eigenvalue weighted by Crippen LogP contribution is -2.25. The molecule has 2 aromatic rings. The maximum atomic E-state index is 6.15. The summed E-state index contributed by atoms with van der Waals surface area (Å²) in [5.41, 5.74) is 11.5. The van der Waals surface area contributed by atoms with Gasteiger partial charge in [-0.1, -0.05) is 6.92 Å². The zero-order chi connectivity index (χ0) is 15.6. The van der Waals surface area contributed by atoms with Crippen LogP contribution in [0.5, 0.6) is 0 Å². The molecule has 0 aliphatic heterocycles. The fourth-order valence-corrected chi connectivity index (χ4v) is 3.41. The predicted molar refractivity (Wildman–Crippen MR) is 88.9 cm³/mol. The minimum Gasteiger partial charge on any atom is -0.354 e. The Balaban J connectivity index is 2.27. The Morgan fingerprint density at radius 2 is 2.10 bits per heavy atom. The van der Waals surface area contributed by atoms with E-state index in [0.717, 1.165) is 36.6 Å². The Morgan fingerprint density at radius 3 is 2.67 bits per heavy atom. The number of aromatic nitrogens is 3. The molecule has 116 valence electrons. The normalized spacial score (nSPS) is 12.7. The average molecular weight is 307 g/mol. The van der Waals surface area contributed by atoms with E-state index in [-0.39, 0.29) is 6.04 Å². The van der Waals surface area contributed by atoms with Crippen molar-refractivity contribution in [3.8, 4) is 0 Å². The number of nitrogens with two attached hydrogens (primary N) is 1. The van der Waals surface area contributed by atoms with Gasteiger partial charge in [0, 0.05) is 30.6 Å². The third-order valence-corrected chi connectivity index (χ3v) is 4.81. The molecule has 5 nitrogen and oxygen atoms in total. The van der Waals surface area contributed by atoms with Crippen LogP contribution in [0.25, 0.3) is 0 Å². The number of nitrogens with zero attached hydrogens (tertiary/aromatic N) is 4. The summed E-state index contributed by atoms with van der Waals surface area (Å²) in [6, 6.07) is 0.185. The van der Waals surface area contributed by atoms with Crippen molar-refractivity contribution in [2.75, 3.05) is 11.9 Å². The van der Waals surface area contributed by atoms with E-state index in [9.17, 15) is 0 Å². The van der Waals surface area contributed by atoms with Gasteiger partial charge < -0.3 is 10.6 Å². The van der Waals surface area contributed by atoms with Crippen molar-refractivity contribution in [3.05, 3.63) is 27.3 Å². The summed E-state index contributed by atoms with van der Waals surface area (Å²) in [5, 5.41) is 4.58. The molecule has 0 saturated carbocycles. The Bertz CT molecular complexity index is 601. The lowest BCUT2D eigenvalue weighted by Gasteiger charge is -2.21. The summed E-state index contributed by atoms with van der Waals surface area (Å²) in [6.45, 7) is 7.10. The number of hydrogen-bond acceptors (Lipinski definition) is 5. The van der Waals surface area contributed by atoms with Gasteiger partial charge in [-0.3, -0.25) is 4.68 Å². The minimum absolute atomic E-state index is 0.185. The van der Waals surface area contributed by atoms with Crippen molar-refractivity contribution in [2.24, 2.45) is 12.8 Å². The number of aryl methyl sites for hydroxylation is 3. The van der Waals surface area contributed by atoms with Crippen LogP contribution in [0.3, 0.4) is 0 Å². The molecular formula is C15H25N5S. The highest BCUT2D eigenvalue weighted by molar-refractivity contribution is 7.09. The first-order valence-corrected chi connectivity index (χ1v) is 8.20. The van der Waals surface area contributed by atoms with Gasteiger partial charge >= 0.3 is 0 Å². The van der Waals surface area contributed by atoms with Crippen LogP contribution in [-0.4, -0.2) is 27.9 Å². The van der Waals surface area contributed by atoms with E-state index in [1.807, 2.05) is 17.2 Å². The van der Waals surface area contributed by atoms with Gasteiger partial charge in [0.25, 0.3) is 0 Å². The molecule has 0 spiro atoms. The number of rotatable bonds is 6. The van der Waals surface area contributed by atoms with Crippen molar-refractivity contribution >= 4 is 17.2 Å². The van der Waals surface area contributed by atoms with E-state index in [0.29, 0.717) is 0 Å². The second-order valence-electron chi connectivity index (χ2n) is 5.60. The molecule has 0 amide bonds. The van der Waals surface area contributed by atoms with E-state index in [2.05, 4.69) is 42.8 Å². The second-order valence-corrected chi connectivity index (χ2v) is 6.54. The molecule has 2 N–H and O–H groups in total. The van der Waals surface area contributed by atoms with Crippen molar-refractivity contribution in [3.63, 3.8) is 0 Å². The molecule has 0 saturated heterocycles. The van der Waals surface area contributed by atoms with Gasteiger partial charge in [-0.25, -0.2) is 4.98 Å². The van der Waals surface area contributed by atoms with Crippen LogP contribution in [0, 0.1) is 13.8 Å². The van der Waals surface area contributed by atoms with Crippen LogP contribution in [0.2, 0.25) is 0 Å². The van der Waals surface area contributed by atoms with Crippen LogP contribution in [0.15, 0.2) is 5.51 Å². The van der Waals surface area contributed by atoms with E-state index >= 15 is 0 Å². The molecular weight excluding hydrogens is 282 g/mol. The molecule has 1 atom stereocenters. The van der Waals surface area contributed by atoms with Gasteiger partial charge in [0.2, 0.25) is 0 Å². The maximum absolute atomic E-state index is 6.15. The minimum atomic E-state index is 0.185. The smallest absolute Gasteiger partial charge is 0.130 e. The molecule has 0 fully saturated rings. The molecule has 21 heavy (non-hydrogen) atoms. The van der Waals surface area contributed by atoms with Crippen LogP contribution in [0.1, 0.15) is 35.2 Å². The van der Waals surface area contributed by atoms with E-state index in [4.69, 9.17) is 5.73 Å². The van der Waals surface area contributed by atoms with Gasteiger partial charge in [-0.2, -0.15) is 5.10 Å². The molecule has 6 heteroatoms. The molecule has 0 aromatic carbocycles. The summed E-state index contributed by atoms with van der Waals surface area (Å²) in [7, 11) is 4.11. The third kappa shape index (κ3) is 3.44. The lowest BCUT2D eigenvalue weighted by molar-refractivity contribution is 0.642. The molecule has 0 aliphatic rings. The van der Waals surface area contributed by atoms with E-state index in [1.54, 1.807) is 11.3 Å². The summed E-state index contributed by atoms with van der Waals surface area (Å²) in [4.78, 5) is 7.87. The predicted octanol–water partition coefficient (Wildman–Crippen LogP) is 2.41. The van der Waals surface area contributed by atoms with Crippen LogP contribution in [-0.2, 0) is 20.0 Å². The Hall–Kier alpha value is -1.40. The third-order valence-electron chi connectivity index (χ3n) is 3.89. The molecule has 0 bridgehead atoms. The SMILES string of the molecule is CCC(N)Cc1c(C)nn(C)c1N(C)Cc1scnc1C. The molecule has 2 rings (SSSR count). The molecule has 2 heterocycles. The zero-order valence-electron chi connectivity index (χ0n) is 13.6. The van der Waals surface area contributed by atoms with E-state index < -0.39 is 0 Å². The lowest BCUT2D eigenvalue weighted by atomic mass is 10.0. The number of anilines is 1. The first-order valence-electron chi connectivity index (χ1n) is 7.32. The second kappa shape index (κ2) is 6.58. The Kier molecular flexibility index (Phi) is 5.00. The van der Waals surface area contributed by atoms with Gasteiger partial charge in [-0.15, -0.1) is 11.3 Å². The van der Waals surface area contributed by atoms with Gasteiger partial charge in [0.1, 0.15) is 5.82 Å². The van der Waals surface area contributed by atoms with Crippen LogP contribution < -0.4 is 10.6 Å². The first-order chi connectivity index (χ1) is 9.93. The van der Waals surface area contributed by atoms with Crippen LogP contribution in [0.4, 0.5) is 5.82 Å². The first kappa shape index (κ1) is 16.0. The summed E-state index contributed by atoms with van der Waals surface area (Å²) >= 11 is 1.70. The van der Waals surface area contributed by atoms with Crippen molar-refractivity contribution in [2.45, 2.75) is 46.2 Å². The average Bonchev–Trinajstić information content (AvgIpc) is 2.94. The highest BCUT2D eigenvalue weighted by Crippen LogP contribution is 2.26. The zero-order valence-corrected chi connectivity index (χ0v) is 14.4. The van der Waals surface area contributed by atoms with Crippen molar-refractivity contribution < 1.29 is 0 Å². The Labute approximate surface area is 130 Å². The quantitative estimate of drug-likeness (QED) is 0.890. The summed E-state index contributed by atoms with van der Waals surface area (Å²) < 4.78 is 1.96. The highest BCUT2D eigenvalue weighted by atomic mass is 32.1. The fraction of sp³-hybridized carbons (Fsp3) is 0.600. The fourth-order valence-electron chi connectivity index (χ4n) is 2.58. The largest absolute Gasteiger partial charge is 0.354 e. The molecule has 2 aromatic heterocycles. The monoisotopic (exact) mass is 307 g/mol. The number of hydrogen-bond donors (Lipinski definition) is 1. The van der Waals surface area contributed by atoms with Gasteiger partial charge in [-0.05, 0) is 26.7 Å². The van der Waals surface area contributed by atoms with E-state index in [1.165, 1.54) is 10.4 Å². The summed E-state index contributed by atoms with van der Waals surface area (Å²) in [5.74, 6) is 1.16. The molecule has 0 aliphatic carbocycles.